The van der Waals surface area contributed by atoms with Crippen LogP contribution in [0.1, 0.15) is 19.4 Å². The van der Waals surface area contributed by atoms with E-state index in [1.807, 2.05) is 18.2 Å². The normalized spacial score (nSPS) is 11.5. The Balaban J connectivity index is 2.45. The number of hydrogen-bond donors (Lipinski definition) is 2. The minimum Gasteiger partial charge on any atom is -0.496 e. The van der Waals surface area contributed by atoms with Crippen LogP contribution in [0.15, 0.2) is 29.3 Å². The van der Waals surface area contributed by atoms with Crippen LogP contribution in [0.25, 0.3) is 0 Å². The molecule has 1 aromatic rings. The zero-order chi connectivity index (χ0) is 13.4. The molecule has 2 N–H and O–H groups in total. The Bertz CT molecular complexity index is 388. The fourth-order valence-electron chi connectivity index (χ4n) is 1.69. The van der Waals surface area contributed by atoms with Crippen LogP contribution in [0.3, 0.4) is 0 Å². The Hall–Kier alpha value is -1.71. The third kappa shape index (κ3) is 4.65. The highest BCUT2D eigenvalue weighted by Gasteiger charge is 2.03. The molecule has 0 atom stereocenters. The summed E-state index contributed by atoms with van der Waals surface area (Å²) in [5.41, 5.74) is 1.20. The number of ether oxygens (including phenoxy) is 1. The van der Waals surface area contributed by atoms with Crippen molar-refractivity contribution in [3.8, 4) is 5.75 Å². The SMILES string of the molecule is CN=C(NCCc1ccccc1OC)NC(C)C. The molecule has 0 fully saturated rings. The molecule has 4 heteroatoms. The van der Waals surface area contributed by atoms with Crippen LogP contribution in [0.5, 0.6) is 5.75 Å². The van der Waals surface area contributed by atoms with Gasteiger partial charge in [0.1, 0.15) is 5.75 Å². The highest BCUT2D eigenvalue weighted by Crippen LogP contribution is 2.17. The van der Waals surface area contributed by atoms with Crippen LogP contribution in [0, 0.1) is 0 Å². The van der Waals surface area contributed by atoms with Gasteiger partial charge >= 0.3 is 0 Å². The van der Waals surface area contributed by atoms with Crippen LogP contribution in [-0.4, -0.2) is 32.7 Å². The monoisotopic (exact) mass is 249 g/mol. The Labute approximate surface area is 109 Å². The number of methoxy groups -OCH3 is 1. The first kappa shape index (κ1) is 14.4. The number of guanidine groups is 1. The standard InChI is InChI=1S/C14H23N3O/c1-11(2)17-14(15-3)16-10-9-12-7-5-6-8-13(12)18-4/h5-8,11H,9-10H2,1-4H3,(H2,15,16,17). The van der Waals surface area contributed by atoms with Crippen molar-refractivity contribution in [3.63, 3.8) is 0 Å². The van der Waals surface area contributed by atoms with Gasteiger partial charge in [-0.3, -0.25) is 4.99 Å². The molecule has 0 aliphatic heterocycles. The Morgan fingerprint density at radius 3 is 2.67 bits per heavy atom. The van der Waals surface area contributed by atoms with E-state index in [1.165, 1.54) is 5.56 Å². The number of benzene rings is 1. The molecule has 1 rings (SSSR count). The Morgan fingerprint density at radius 1 is 1.33 bits per heavy atom. The number of aliphatic imine (C=N–C) groups is 1. The molecule has 4 nitrogen and oxygen atoms in total. The fraction of sp³-hybridized carbons (Fsp3) is 0.500. The van der Waals surface area contributed by atoms with Gasteiger partial charge in [-0.05, 0) is 31.9 Å². The summed E-state index contributed by atoms with van der Waals surface area (Å²) in [5.74, 6) is 1.77. The van der Waals surface area contributed by atoms with Crippen molar-refractivity contribution in [1.82, 2.24) is 10.6 Å². The van der Waals surface area contributed by atoms with Crippen LogP contribution < -0.4 is 15.4 Å². The lowest BCUT2D eigenvalue weighted by molar-refractivity contribution is 0.409. The molecule has 0 heterocycles. The summed E-state index contributed by atoms with van der Waals surface area (Å²) in [6, 6.07) is 8.45. The lowest BCUT2D eigenvalue weighted by atomic mass is 10.1. The second-order valence-electron chi connectivity index (χ2n) is 4.36. The minimum atomic E-state index is 0.377. The van der Waals surface area contributed by atoms with Crippen molar-refractivity contribution in [3.05, 3.63) is 29.8 Å². The third-order valence-corrected chi connectivity index (χ3v) is 2.53. The van der Waals surface area contributed by atoms with Gasteiger partial charge in [-0.2, -0.15) is 0 Å². The highest BCUT2D eigenvalue weighted by molar-refractivity contribution is 5.79. The molecule has 0 aliphatic carbocycles. The van der Waals surface area contributed by atoms with E-state index in [4.69, 9.17) is 4.74 Å². The maximum absolute atomic E-state index is 5.32. The highest BCUT2D eigenvalue weighted by atomic mass is 16.5. The van der Waals surface area contributed by atoms with Crippen molar-refractivity contribution in [2.45, 2.75) is 26.3 Å². The fourth-order valence-corrected chi connectivity index (χ4v) is 1.69. The average molecular weight is 249 g/mol. The van der Waals surface area contributed by atoms with Crippen molar-refractivity contribution < 1.29 is 4.74 Å². The predicted molar refractivity (Wildman–Crippen MR) is 76.3 cm³/mol. The summed E-state index contributed by atoms with van der Waals surface area (Å²) in [6.45, 7) is 5.01. The summed E-state index contributed by atoms with van der Waals surface area (Å²) < 4.78 is 5.32. The van der Waals surface area contributed by atoms with Crippen molar-refractivity contribution in [1.29, 1.82) is 0 Å². The van der Waals surface area contributed by atoms with E-state index in [2.05, 4.69) is 35.5 Å². The van der Waals surface area contributed by atoms with Gasteiger partial charge in [0.25, 0.3) is 0 Å². The lowest BCUT2D eigenvalue weighted by Crippen LogP contribution is -2.41. The van der Waals surface area contributed by atoms with Crippen LogP contribution in [0.4, 0.5) is 0 Å². The van der Waals surface area contributed by atoms with Crippen molar-refractivity contribution in [2.24, 2.45) is 4.99 Å². The molecule has 0 saturated carbocycles. The molecular formula is C14H23N3O. The molecular weight excluding hydrogens is 226 g/mol. The maximum atomic E-state index is 5.32. The summed E-state index contributed by atoms with van der Waals surface area (Å²) in [4.78, 5) is 4.17. The second-order valence-corrected chi connectivity index (χ2v) is 4.36. The Morgan fingerprint density at radius 2 is 2.06 bits per heavy atom. The quantitative estimate of drug-likeness (QED) is 0.618. The number of nitrogens with zero attached hydrogens (tertiary/aromatic N) is 1. The smallest absolute Gasteiger partial charge is 0.191 e. The first-order valence-electron chi connectivity index (χ1n) is 6.26. The largest absolute Gasteiger partial charge is 0.496 e. The molecule has 0 spiro atoms. The van der Waals surface area contributed by atoms with Gasteiger partial charge in [0.2, 0.25) is 0 Å². The molecule has 0 amide bonds. The first-order chi connectivity index (χ1) is 8.67. The van der Waals surface area contributed by atoms with Crippen LogP contribution in [0.2, 0.25) is 0 Å². The van der Waals surface area contributed by atoms with Gasteiger partial charge in [-0.15, -0.1) is 0 Å². The van der Waals surface area contributed by atoms with E-state index in [0.29, 0.717) is 6.04 Å². The number of rotatable bonds is 5. The second kappa shape index (κ2) is 7.58. The molecule has 1 aromatic carbocycles. The summed E-state index contributed by atoms with van der Waals surface area (Å²) in [7, 11) is 3.48. The van der Waals surface area contributed by atoms with Crippen LogP contribution >= 0.6 is 0 Å². The van der Waals surface area contributed by atoms with E-state index >= 15 is 0 Å². The van der Waals surface area contributed by atoms with Gasteiger partial charge in [0, 0.05) is 19.6 Å². The summed E-state index contributed by atoms with van der Waals surface area (Å²) in [5, 5.41) is 6.54. The summed E-state index contributed by atoms with van der Waals surface area (Å²) >= 11 is 0. The molecule has 18 heavy (non-hydrogen) atoms. The zero-order valence-corrected chi connectivity index (χ0v) is 11.7. The van der Waals surface area contributed by atoms with E-state index in [1.54, 1.807) is 14.2 Å². The van der Waals surface area contributed by atoms with E-state index < -0.39 is 0 Å². The molecule has 100 valence electrons. The summed E-state index contributed by atoms with van der Waals surface area (Å²) in [6.07, 6.45) is 0.906. The van der Waals surface area contributed by atoms with Gasteiger partial charge in [-0.25, -0.2) is 0 Å². The van der Waals surface area contributed by atoms with Gasteiger partial charge in [-0.1, -0.05) is 18.2 Å². The number of para-hydroxylation sites is 1. The number of nitrogens with one attached hydrogen (secondary N) is 2. The Kier molecular flexibility index (Phi) is 6.05. The molecule has 0 saturated heterocycles. The topological polar surface area (TPSA) is 45.7 Å². The predicted octanol–water partition coefficient (Wildman–Crippen LogP) is 1.81. The molecule has 0 unspecified atom stereocenters. The molecule has 0 aromatic heterocycles. The number of hydrogen-bond acceptors (Lipinski definition) is 2. The van der Waals surface area contributed by atoms with Gasteiger partial charge in [0.05, 0.1) is 7.11 Å². The molecule has 0 aliphatic rings. The average Bonchev–Trinajstić information content (AvgIpc) is 2.37. The van der Waals surface area contributed by atoms with E-state index in [9.17, 15) is 0 Å². The minimum absolute atomic E-state index is 0.377. The van der Waals surface area contributed by atoms with E-state index in [-0.39, 0.29) is 0 Å². The molecule has 0 radical (unpaired) electrons. The van der Waals surface area contributed by atoms with Crippen molar-refractivity contribution >= 4 is 5.96 Å². The first-order valence-corrected chi connectivity index (χ1v) is 6.26. The third-order valence-electron chi connectivity index (χ3n) is 2.53. The van der Waals surface area contributed by atoms with Crippen LogP contribution in [-0.2, 0) is 6.42 Å². The van der Waals surface area contributed by atoms with Gasteiger partial charge in [0.15, 0.2) is 5.96 Å². The van der Waals surface area contributed by atoms with Gasteiger partial charge < -0.3 is 15.4 Å². The molecule has 0 bridgehead atoms. The van der Waals surface area contributed by atoms with Crippen molar-refractivity contribution in [2.75, 3.05) is 20.7 Å². The van der Waals surface area contributed by atoms with E-state index in [0.717, 1.165) is 24.7 Å². The zero-order valence-electron chi connectivity index (χ0n) is 11.7. The maximum Gasteiger partial charge on any atom is 0.191 e. The lowest BCUT2D eigenvalue weighted by Gasteiger charge is -2.15.